The highest BCUT2D eigenvalue weighted by Gasteiger charge is 2.23. The summed E-state index contributed by atoms with van der Waals surface area (Å²) in [4.78, 5) is 16.2. The molecular formula is C23H24N2O2. The van der Waals surface area contributed by atoms with Gasteiger partial charge in [-0.15, -0.1) is 0 Å². The van der Waals surface area contributed by atoms with Crippen LogP contribution in [0.15, 0.2) is 79.0 Å². The molecule has 4 heteroatoms. The Morgan fingerprint density at radius 1 is 0.963 bits per heavy atom. The number of primary amides is 1. The van der Waals surface area contributed by atoms with Crippen LogP contribution >= 0.6 is 0 Å². The number of nitrogens with two attached hydrogens (primary N) is 1. The molecule has 138 valence electrons. The van der Waals surface area contributed by atoms with Crippen LogP contribution < -0.4 is 5.73 Å². The molecule has 2 aromatic carbocycles. The standard InChI is InChI=1S/C23H24N2O2/c1-2-8-21(23(24)26)27-22(18-9-4-3-5-10-18)19-14-12-17(13-15-19)20-11-6-7-16-25-20/h3-7,9-16,21-22H,2,8H2,1H3,(H2,24,26). The average molecular weight is 360 g/mol. The predicted octanol–water partition coefficient (Wildman–Crippen LogP) is 4.51. The lowest BCUT2D eigenvalue weighted by Crippen LogP contribution is -2.32. The van der Waals surface area contributed by atoms with Crippen molar-refractivity contribution in [3.05, 3.63) is 90.1 Å². The minimum Gasteiger partial charge on any atom is -0.367 e. The zero-order chi connectivity index (χ0) is 19.1. The smallest absolute Gasteiger partial charge is 0.246 e. The Bertz CT molecular complexity index is 849. The summed E-state index contributed by atoms with van der Waals surface area (Å²) in [7, 11) is 0. The number of carbonyl (C=O) groups is 1. The molecule has 1 aromatic heterocycles. The molecule has 1 amide bonds. The number of amides is 1. The van der Waals surface area contributed by atoms with Crippen molar-refractivity contribution < 1.29 is 9.53 Å². The monoisotopic (exact) mass is 360 g/mol. The second kappa shape index (κ2) is 9.10. The van der Waals surface area contributed by atoms with E-state index in [0.29, 0.717) is 6.42 Å². The molecule has 27 heavy (non-hydrogen) atoms. The highest BCUT2D eigenvalue weighted by atomic mass is 16.5. The van der Waals surface area contributed by atoms with Gasteiger partial charge in [-0.1, -0.05) is 74.0 Å². The molecule has 3 rings (SSSR count). The Balaban J connectivity index is 1.92. The normalized spacial score (nSPS) is 13.1. The maximum Gasteiger partial charge on any atom is 0.246 e. The van der Waals surface area contributed by atoms with E-state index in [1.807, 2.05) is 79.7 Å². The molecule has 4 nitrogen and oxygen atoms in total. The van der Waals surface area contributed by atoms with Crippen LogP contribution in [0.5, 0.6) is 0 Å². The lowest BCUT2D eigenvalue weighted by atomic mass is 9.99. The first kappa shape index (κ1) is 18.8. The van der Waals surface area contributed by atoms with E-state index in [9.17, 15) is 4.79 Å². The van der Waals surface area contributed by atoms with Gasteiger partial charge in [-0.25, -0.2) is 0 Å². The van der Waals surface area contributed by atoms with Crippen molar-refractivity contribution in [2.45, 2.75) is 32.0 Å². The van der Waals surface area contributed by atoms with Gasteiger partial charge in [0.05, 0.1) is 5.69 Å². The molecule has 0 fully saturated rings. The van der Waals surface area contributed by atoms with E-state index in [0.717, 1.165) is 28.8 Å². The summed E-state index contributed by atoms with van der Waals surface area (Å²) in [5.74, 6) is -0.428. The quantitative estimate of drug-likeness (QED) is 0.643. The SMILES string of the molecule is CCCC(OC(c1ccccc1)c1ccc(-c2ccccn2)cc1)C(N)=O. The van der Waals surface area contributed by atoms with Crippen LogP contribution in [0.4, 0.5) is 0 Å². The fourth-order valence-electron chi connectivity index (χ4n) is 3.04. The van der Waals surface area contributed by atoms with Gasteiger partial charge in [0.25, 0.3) is 0 Å². The summed E-state index contributed by atoms with van der Waals surface area (Å²) in [6.45, 7) is 2.01. The summed E-state index contributed by atoms with van der Waals surface area (Å²) in [5, 5.41) is 0. The molecule has 3 aromatic rings. The summed E-state index contributed by atoms with van der Waals surface area (Å²) < 4.78 is 6.18. The molecule has 0 saturated carbocycles. The van der Waals surface area contributed by atoms with Crippen LogP contribution in [0.1, 0.15) is 37.0 Å². The maximum atomic E-state index is 11.8. The third-order valence-corrected chi connectivity index (χ3v) is 4.44. The molecular weight excluding hydrogens is 336 g/mol. The molecule has 2 atom stereocenters. The van der Waals surface area contributed by atoms with Crippen molar-refractivity contribution in [1.29, 1.82) is 0 Å². The fourth-order valence-corrected chi connectivity index (χ4v) is 3.04. The zero-order valence-electron chi connectivity index (χ0n) is 15.4. The van der Waals surface area contributed by atoms with Crippen LogP contribution in [-0.4, -0.2) is 17.0 Å². The molecule has 2 unspecified atom stereocenters. The fraction of sp³-hybridized carbons (Fsp3) is 0.217. The van der Waals surface area contributed by atoms with Crippen LogP contribution in [0.2, 0.25) is 0 Å². The summed E-state index contributed by atoms with van der Waals surface area (Å²) in [6, 6.07) is 23.8. The predicted molar refractivity (Wildman–Crippen MR) is 107 cm³/mol. The van der Waals surface area contributed by atoms with Gasteiger partial charge in [0.15, 0.2) is 0 Å². The van der Waals surface area contributed by atoms with Crippen molar-refractivity contribution in [3.8, 4) is 11.3 Å². The molecule has 0 saturated heterocycles. The molecule has 0 aliphatic rings. The van der Waals surface area contributed by atoms with Gasteiger partial charge < -0.3 is 10.5 Å². The molecule has 0 bridgehead atoms. The minimum atomic E-state index is -0.615. The molecule has 1 heterocycles. The van der Waals surface area contributed by atoms with Crippen LogP contribution in [-0.2, 0) is 9.53 Å². The number of hydrogen-bond acceptors (Lipinski definition) is 3. The lowest BCUT2D eigenvalue weighted by Gasteiger charge is -2.24. The number of benzene rings is 2. The summed E-state index contributed by atoms with van der Waals surface area (Å²) >= 11 is 0. The van der Waals surface area contributed by atoms with Gasteiger partial charge in [-0.2, -0.15) is 0 Å². The highest BCUT2D eigenvalue weighted by molar-refractivity contribution is 5.78. The largest absolute Gasteiger partial charge is 0.367 e. The van der Waals surface area contributed by atoms with E-state index in [1.54, 1.807) is 6.20 Å². The Morgan fingerprint density at radius 3 is 2.22 bits per heavy atom. The van der Waals surface area contributed by atoms with E-state index in [2.05, 4.69) is 4.98 Å². The number of nitrogens with zero attached hydrogens (tertiary/aromatic N) is 1. The Hall–Kier alpha value is -2.98. The van der Waals surface area contributed by atoms with E-state index in [-0.39, 0.29) is 6.10 Å². The van der Waals surface area contributed by atoms with Gasteiger partial charge in [-0.3, -0.25) is 9.78 Å². The second-order valence-electron chi connectivity index (χ2n) is 6.44. The van der Waals surface area contributed by atoms with Crippen molar-refractivity contribution in [2.24, 2.45) is 5.73 Å². The van der Waals surface area contributed by atoms with Gasteiger partial charge in [-0.05, 0) is 29.7 Å². The van der Waals surface area contributed by atoms with Gasteiger partial charge >= 0.3 is 0 Å². The zero-order valence-corrected chi connectivity index (χ0v) is 15.4. The Kier molecular flexibility index (Phi) is 6.34. The van der Waals surface area contributed by atoms with E-state index >= 15 is 0 Å². The van der Waals surface area contributed by atoms with Crippen molar-refractivity contribution in [1.82, 2.24) is 4.98 Å². The average Bonchev–Trinajstić information content (AvgIpc) is 2.72. The van der Waals surface area contributed by atoms with Gasteiger partial charge in [0, 0.05) is 11.8 Å². The first-order chi connectivity index (χ1) is 13.2. The Labute approximate surface area is 160 Å². The summed E-state index contributed by atoms with van der Waals surface area (Å²) in [6.07, 6.45) is 2.24. The van der Waals surface area contributed by atoms with Crippen molar-refractivity contribution >= 4 is 5.91 Å². The molecule has 0 aliphatic carbocycles. The number of aromatic nitrogens is 1. The summed E-state index contributed by atoms with van der Waals surface area (Å²) in [5.41, 5.74) is 9.47. The molecule has 0 radical (unpaired) electrons. The number of hydrogen-bond donors (Lipinski definition) is 1. The lowest BCUT2D eigenvalue weighted by molar-refractivity contribution is -0.132. The van der Waals surface area contributed by atoms with Crippen molar-refractivity contribution in [2.75, 3.05) is 0 Å². The first-order valence-corrected chi connectivity index (χ1v) is 9.20. The number of rotatable bonds is 8. The first-order valence-electron chi connectivity index (χ1n) is 9.20. The highest BCUT2D eigenvalue weighted by Crippen LogP contribution is 2.30. The van der Waals surface area contributed by atoms with E-state index in [4.69, 9.17) is 10.5 Å². The minimum absolute atomic E-state index is 0.354. The van der Waals surface area contributed by atoms with Crippen LogP contribution in [0.25, 0.3) is 11.3 Å². The number of pyridine rings is 1. The third kappa shape index (κ3) is 4.80. The Morgan fingerprint density at radius 2 is 1.63 bits per heavy atom. The molecule has 0 aliphatic heterocycles. The van der Waals surface area contributed by atoms with Gasteiger partial charge in [0.1, 0.15) is 12.2 Å². The van der Waals surface area contributed by atoms with Crippen LogP contribution in [0.3, 0.4) is 0 Å². The molecule has 2 N–H and O–H groups in total. The van der Waals surface area contributed by atoms with E-state index in [1.165, 1.54) is 0 Å². The topological polar surface area (TPSA) is 65.2 Å². The third-order valence-electron chi connectivity index (χ3n) is 4.44. The van der Waals surface area contributed by atoms with Gasteiger partial charge in [0.2, 0.25) is 5.91 Å². The molecule has 0 spiro atoms. The number of carbonyl (C=O) groups excluding carboxylic acids is 1. The van der Waals surface area contributed by atoms with E-state index < -0.39 is 12.0 Å². The second-order valence-corrected chi connectivity index (χ2v) is 6.44. The van der Waals surface area contributed by atoms with Crippen molar-refractivity contribution in [3.63, 3.8) is 0 Å². The van der Waals surface area contributed by atoms with Crippen LogP contribution in [0, 0.1) is 0 Å². The number of ether oxygens (including phenoxy) is 1. The maximum absolute atomic E-state index is 11.8.